The van der Waals surface area contributed by atoms with E-state index in [1.807, 2.05) is 0 Å². The standard InChI is InChI=1S/C25H45N3O4S/c1-3-5-7-8-9-10-11-12-13-15-19-32-23(30)20-21-24(31)26-17-18-28(21)25(33)27-22(29)16-14-6-4-2/h21H,3-20H2,1-2H3,(H,26,31)(H,27,29,33). The highest BCUT2D eigenvalue weighted by molar-refractivity contribution is 7.80. The Bertz CT molecular complexity index is 600. The number of esters is 1. The number of carbonyl (C=O) groups excluding carboxylic acids is 3. The van der Waals surface area contributed by atoms with Gasteiger partial charge in [0.25, 0.3) is 0 Å². The Hall–Kier alpha value is -1.70. The van der Waals surface area contributed by atoms with Crippen LogP contribution in [0.5, 0.6) is 0 Å². The zero-order valence-electron chi connectivity index (χ0n) is 20.8. The number of hydrogen-bond donors (Lipinski definition) is 2. The molecule has 7 nitrogen and oxygen atoms in total. The van der Waals surface area contributed by atoms with Gasteiger partial charge in [0, 0.05) is 19.5 Å². The zero-order chi connectivity index (χ0) is 24.3. The summed E-state index contributed by atoms with van der Waals surface area (Å²) in [5, 5.41) is 5.69. The van der Waals surface area contributed by atoms with Crippen LogP contribution in [0.25, 0.3) is 0 Å². The van der Waals surface area contributed by atoms with Gasteiger partial charge in [-0.2, -0.15) is 0 Å². The molecular formula is C25H45N3O4S. The minimum atomic E-state index is -0.748. The number of nitrogens with zero attached hydrogens (tertiary/aromatic N) is 1. The molecule has 0 spiro atoms. The van der Waals surface area contributed by atoms with Gasteiger partial charge < -0.3 is 20.3 Å². The summed E-state index contributed by atoms with van der Waals surface area (Å²) >= 11 is 5.36. The van der Waals surface area contributed by atoms with Crippen LogP contribution in [0.2, 0.25) is 0 Å². The molecule has 0 aromatic carbocycles. The second kappa shape index (κ2) is 18.7. The molecule has 33 heavy (non-hydrogen) atoms. The molecule has 1 heterocycles. The fraction of sp³-hybridized carbons (Fsp3) is 0.840. The van der Waals surface area contributed by atoms with Crippen LogP contribution in [0.4, 0.5) is 0 Å². The van der Waals surface area contributed by atoms with Crippen molar-refractivity contribution in [2.75, 3.05) is 19.7 Å². The van der Waals surface area contributed by atoms with Crippen molar-refractivity contribution < 1.29 is 19.1 Å². The number of carbonyl (C=O) groups is 3. The van der Waals surface area contributed by atoms with E-state index >= 15 is 0 Å². The lowest BCUT2D eigenvalue weighted by Crippen LogP contribution is -2.60. The SMILES string of the molecule is CCCCCCCCCCCCOC(=O)CC1C(=O)NCCN1C(=S)NC(=O)CCCCC. The van der Waals surface area contributed by atoms with Gasteiger partial charge in [-0.25, -0.2) is 0 Å². The molecule has 0 radical (unpaired) electrons. The van der Waals surface area contributed by atoms with Gasteiger partial charge in [-0.05, 0) is 25.1 Å². The average molecular weight is 484 g/mol. The first kappa shape index (κ1) is 29.3. The predicted octanol–water partition coefficient (Wildman–Crippen LogP) is 4.62. The van der Waals surface area contributed by atoms with Gasteiger partial charge in [-0.3, -0.25) is 14.4 Å². The van der Waals surface area contributed by atoms with Crippen molar-refractivity contribution in [3.8, 4) is 0 Å². The number of ether oxygens (including phenoxy) is 1. The smallest absolute Gasteiger partial charge is 0.308 e. The van der Waals surface area contributed by atoms with Crippen LogP contribution < -0.4 is 10.6 Å². The molecule has 2 N–H and O–H groups in total. The van der Waals surface area contributed by atoms with Gasteiger partial charge in [0.05, 0.1) is 13.0 Å². The Morgan fingerprint density at radius 2 is 1.55 bits per heavy atom. The molecule has 1 rings (SSSR count). The van der Waals surface area contributed by atoms with E-state index in [1.54, 1.807) is 4.90 Å². The van der Waals surface area contributed by atoms with Gasteiger partial charge >= 0.3 is 5.97 Å². The molecule has 0 saturated carbocycles. The van der Waals surface area contributed by atoms with Crippen LogP contribution in [0.1, 0.15) is 110 Å². The maximum atomic E-state index is 12.4. The summed E-state index contributed by atoms with van der Waals surface area (Å²) in [5.41, 5.74) is 0. The Balaban J connectivity index is 2.27. The Morgan fingerprint density at radius 3 is 2.18 bits per heavy atom. The van der Waals surface area contributed by atoms with Crippen LogP contribution in [0.15, 0.2) is 0 Å². The highest BCUT2D eigenvalue weighted by Gasteiger charge is 2.34. The van der Waals surface area contributed by atoms with Gasteiger partial charge in [-0.15, -0.1) is 0 Å². The van der Waals surface area contributed by atoms with E-state index in [0.717, 1.165) is 38.5 Å². The minimum absolute atomic E-state index is 0.0740. The number of hydrogen-bond acceptors (Lipinski definition) is 5. The zero-order valence-corrected chi connectivity index (χ0v) is 21.6. The molecule has 1 saturated heterocycles. The van der Waals surface area contributed by atoms with E-state index in [2.05, 4.69) is 24.5 Å². The van der Waals surface area contributed by atoms with Crippen molar-refractivity contribution in [3.05, 3.63) is 0 Å². The number of piperazine rings is 1. The first-order valence-corrected chi connectivity index (χ1v) is 13.4. The second-order valence-electron chi connectivity index (χ2n) is 8.92. The van der Waals surface area contributed by atoms with E-state index in [-0.39, 0.29) is 23.3 Å². The summed E-state index contributed by atoms with van der Waals surface area (Å²) in [7, 11) is 0. The molecule has 1 aliphatic rings. The van der Waals surface area contributed by atoms with Crippen molar-refractivity contribution in [2.24, 2.45) is 0 Å². The Labute approximate surface area is 205 Å². The minimum Gasteiger partial charge on any atom is -0.466 e. The third-order valence-electron chi connectivity index (χ3n) is 5.97. The molecule has 0 aliphatic carbocycles. The Kier molecular flexibility index (Phi) is 16.6. The first-order chi connectivity index (χ1) is 16.0. The monoisotopic (exact) mass is 483 g/mol. The summed E-state index contributed by atoms with van der Waals surface area (Å²) < 4.78 is 5.36. The van der Waals surface area contributed by atoms with Crippen molar-refractivity contribution in [1.29, 1.82) is 0 Å². The van der Waals surface area contributed by atoms with Crippen molar-refractivity contribution in [1.82, 2.24) is 15.5 Å². The summed E-state index contributed by atoms with van der Waals surface area (Å²) in [4.78, 5) is 38.4. The van der Waals surface area contributed by atoms with Crippen LogP contribution in [0, 0.1) is 0 Å². The fourth-order valence-corrected chi connectivity index (χ4v) is 4.27. The van der Waals surface area contributed by atoms with Crippen molar-refractivity contribution in [3.63, 3.8) is 0 Å². The molecule has 8 heteroatoms. The molecule has 1 aliphatic heterocycles. The highest BCUT2D eigenvalue weighted by Crippen LogP contribution is 2.13. The lowest BCUT2D eigenvalue weighted by Gasteiger charge is -2.36. The third-order valence-corrected chi connectivity index (χ3v) is 6.30. The number of nitrogens with one attached hydrogen (secondary N) is 2. The predicted molar refractivity (Wildman–Crippen MR) is 136 cm³/mol. The van der Waals surface area contributed by atoms with Crippen molar-refractivity contribution >= 4 is 35.1 Å². The van der Waals surface area contributed by atoms with Gasteiger partial charge in [-0.1, -0.05) is 84.5 Å². The highest BCUT2D eigenvalue weighted by atomic mass is 32.1. The van der Waals surface area contributed by atoms with E-state index in [1.165, 1.54) is 44.9 Å². The van der Waals surface area contributed by atoms with Crippen LogP contribution in [0.3, 0.4) is 0 Å². The Morgan fingerprint density at radius 1 is 0.970 bits per heavy atom. The largest absolute Gasteiger partial charge is 0.466 e. The lowest BCUT2D eigenvalue weighted by atomic mass is 10.1. The fourth-order valence-electron chi connectivity index (χ4n) is 3.94. The van der Waals surface area contributed by atoms with Crippen molar-refractivity contribution in [2.45, 2.75) is 116 Å². The number of unbranched alkanes of at least 4 members (excludes halogenated alkanes) is 11. The van der Waals surface area contributed by atoms with E-state index in [9.17, 15) is 14.4 Å². The average Bonchev–Trinajstić information content (AvgIpc) is 2.79. The van der Waals surface area contributed by atoms with E-state index in [4.69, 9.17) is 17.0 Å². The third kappa shape index (κ3) is 13.6. The van der Waals surface area contributed by atoms with Gasteiger partial charge in [0.2, 0.25) is 11.8 Å². The molecule has 1 fully saturated rings. The molecule has 1 unspecified atom stereocenters. The van der Waals surface area contributed by atoms with Crippen LogP contribution in [-0.4, -0.2) is 53.5 Å². The number of thiocarbonyl (C=S) groups is 1. The summed E-state index contributed by atoms with van der Waals surface area (Å²) in [6, 6.07) is -0.748. The molecule has 0 aromatic rings. The summed E-state index contributed by atoms with van der Waals surface area (Å²) in [6.45, 7) is 5.57. The van der Waals surface area contributed by atoms with E-state index < -0.39 is 12.0 Å². The maximum absolute atomic E-state index is 12.4. The molecule has 190 valence electrons. The second-order valence-corrected chi connectivity index (χ2v) is 9.30. The number of rotatable bonds is 17. The topological polar surface area (TPSA) is 87.7 Å². The lowest BCUT2D eigenvalue weighted by molar-refractivity contribution is -0.147. The van der Waals surface area contributed by atoms with E-state index in [0.29, 0.717) is 26.1 Å². The summed E-state index contributed by atoms with van der Waals surface area (Å²) in [6.07, 6.45) is 15.3. The van der Waals surface area contributed by atoms with Gasteiger partial charge in [0.1, 0.15) is 6.04 Å². The molecule has 0 bridgehead atoms. The molecular weight excluding hydrogens is 438 g/mol. The first-order valence-electron chi connectivity index (χ1n) is 13.0. The molecule has 2 amide bonds. The molecule has 1 atom stereocenters. The van der Waals surface area contributed by atoms with Gasteiger partial charge in [0.15, 0.2) is 5.11 Å². The number of amides is 2. The summed E-state index contributed by atoms with van der Waals surface area (Å²) in [5.74, 6) is -0.823. The van der Waals surface area contributed by atoms with Crippen LogP contribution >= 0.6 is 12.2 Å². The quantitative estimate of drug-likeness (QED) is 0.178. The normalized spacial score (nSPS) is 15.8. The molecule has 0 aromatic heterocycles. The van der Waals surface area contributed by atoms with Crippen LogP contribution in [-0.2, 0) is 19.1 Å². The maximum Gasteiger partial charge on any atom is 0.308 e.